The molecule has 0 bridgehead atoms. The monoisotopic (exact) mass is 275 g/mol. The van der Waals surface area contributed by atoms with Gasteiger partial charge in [0.15, 0.2) is 0 Å². The van der Waals surface area contributed by atoms with Crippen molar-refractivity contribution < 1.29 is 14.3 Å². The molecule has 0 saturated heterocycles. The van der Waals surface area contributed by atoms with Gasteiger partial charge in [0, 0.05) is 0 Å². The van der Waals surface area contributed by atoms with Crippen LogP contribution in [0.1, 0.15) is 26.3 Å². The summed E-state index contributed by atoms with van der Waals surface area (Å²) in [7, 11) is 0. The zero-order valence-corrected chi connectivity index (χ0v) is 12.2. The fraction of sp³-hybridized carbons (Fsp3) is 0.438. The van der Waals surface area contributed by atoms with E-state index in [4.69, 9.17) is 21.6 Å². The molecule has 0 fully saturated rings. The van der Waals surface area contributed by atoms with Crippen LogP contribution in [0.5, 0.6) is 5.75 Å². The molecule has 0 aliphatic heterocycles. The molecular weight excluding hydrogens is 254 g/mol. The molecule has 0 aliphatic carbocycles. The summed E-state index contributed by atoms with van der Waals surface area (Å²) in [5.74, 6) is 2.69. The van der Waals surface area contributed by atoms with Crippen LogP contribution in [-0.4, -0.2) is 24.2 Å². The lowest BCUT2D eigenvalue weighted by atomic mass is 10.1. The summed E-state index contributed by atoms with van der Waals surface area (Å²) in [6.45, 7) is 5.68. The SMILES string of the molecule is C#CCOc1ccc(CC(N)C(=O)OC(C)(C)C)cc1. The van der Waals surface area contributed by atoms with Gasteiger partial charge in [0.25, 0.3) is 0 Å². The van der Waals surface area contributed by atoms with E-state index in [1.54, 1.807) is 12.1 Å². The number of terminal acetylenes is 1. The number of ether oxygens (including phenoxy) is 2. The first kappa shape index (κ1) is 16.1. The molecule has 1 aromatic rings. The molecule has 0 radical (unpaired) electrons. The molecular formula is C16H21NO3. The smallest absolute Gasteiger partial charge is 0.323 e. The molecule has 0 aromatic heterocycles. The Bertz CT molecular complexity index is 480. The number of carbonyl (C=O) groups excluding carboxylic acids is 1. The van der Waals surface area contributed by atoms with Gasteiger partial charge in [-0.15, -0.1) is 6.42 Å². The average Bonchev–Trinajstić information content (AvgIpc) is 2.36. The van der Waals surface area contributed by atoms with Crippen molar-refractivity contribution in [2.75, 3.05) is 6.61 Å². The second-order valence-electron chi connectivity index (χ2n) is 5.48. The van der Waals surface area contributed by atoms with Crippen LogP contribution < -0.4 is 10.5 Å². The van der Waals surface area contributed by atoms with Crippen molar-refractivity contribution in [3.8, 4) is 18.1 Å². The topological polar surface area (TPSA) is 61.5 Å². The normalized spacial score (nSPS) is 12.3. The van der Waals surface area contributed by atoms with Gasteiger partial charge in [-0.1, -0.05) is 18.1 Å². The fourth-order valence-electron chi connectivity index (χ4n) is 1.56. The zero-order chi connectivity index (χ0) is 15.2. The van der Waals surface area contributed by atoms with Crippen LogP contribution in [-0.2, 0) is 16.0 Å². The van der Waals surface area contributed by atoms with Gasteiger partial charge in [0.2, 0.25) is 0 Å². The van der Waals surface area contributed by atoms with Gasteiger partial charge in [-0.25, -0.2) is 0 Å². The van der Waals surface area contributed by atoms with Crippen molar-refractivity contribution in [3.63, 3.8) is 0 Å². The maximum absolute atomic E-state index is 11.8. The molecule has 4 heteroatoms. The molecule has 1 rings (SSSR count). The highest BCUT2D eigenvalue weighted by Crippen LogP contribution is 2.14. The molecule has 20 heavy (non-hydrogen) atoms. The van der Waals surface area contributed by atoms with Gasteiger partial charge in [0.1, 0.15) is 24.0 Å². The lowest BCUT2D eigenvalue weighted by Gasteiger charge is -2.22. The van der Waals surface area contributed by atoms with Crippen LogP contribution in [0.3, 0.4) is 0 Å². The largest absolute Gasteiger partial charge is 0.481 e. The van der Waals surface area contributed by atoms with Crippen molar-refractivity contribution in [1.29, 1.82) is 0 Å². The first-order valence-corrected chi connectivity index (χ1v) is 6.45. The van der Waals surface area contributed by atoms with E-state index in [0.29, 0.717) is 12.2 Å². The third-order valence-electron chi connectivity index (χ3n) is 2.41. The summed E-state index contributed by atoms with van der Waals surface area (Å²) in [6.07, 6.45) is 5.53. The van der Waals surface area contributed by atoms with Gasteiger partial charge in [0.05, 0.1) is 0 Å². The third kappa shape index (κ3) is 5.77. The molecule has 0 aliphatic rings. The third-order valence-corrected chi connectivity index (χ3v) is 2.41. The van der Waals surface area contributed by atoms with E-state index in [0.717, 1.165) is 5.56 Å². The minimum atomic E-state index is -0.674. The Balaban J connectivity index is 2.56. The zero-order valence-electron chi connectivity index (χ0n) is 12.2. The quantitative estimate of drug-likeness (QED) is 0.658. The first-order valence-electron chi connectivity index (χ1n) is 6.45. The number of esters is 1. The highest BCUT2D eigenvalue weighted by atomic mass is 16.6. The molecule has 1 aromatic carbocycles. The number of rotatable bonds is 5. The van der Waals surface area contributed by atoms with Crippen LogP contribution >= 0.6 is 0 Å². The lowest BCUT2D eigenvalue weighted by Crippen LogP contribution is -2.38. The lowest BCUT2D eigenvalue weighted by molar-refractivity contribution is -0.156. The van der Waals surface area contributed by atoms with Gasteiger partial charge in [-0.3, -0.25) is 4.79 Å². The molecule has 1 unspecified atom stereocenters. The Kier molecular flexibility index (Phi) is 5.60. The summed E-state index contributed by atoms with van der Waals surface area (Å²) in [5, 5.41) is 0. The van der Waals surface area contributed by atoms with Crippen LogP contribution in [0.15, 0.2) is 24.3 Å². The highest BCUT2D eigenvalue weighted by Gasteiger charge is 2.22. The second-order valence-corrected chi connectivity index (χ2v) is 5.48. The minimum absolute atomic E-state index is 0.233. The Morgan fingerprint density at radius 3 is 2.45 bits per heavy atom. The van der Waals surface area contributed by atoms with Crippen molar-refractivity contribution in [3.05, 3.63) is 29.8 Å². The summed E-state index contributed by atoms with van der Waals surface area (Å²) >= 11 is 0. The Labute approximate surface area is 120 Å². The molecule has 0 heterocycles. The van der Waals surface area contributed by atoms with E-state index < -0.39 is 17.6 Å². The first-order chi connectivity index (χ1) is 9.31. The maximum atomic E-state index is 11.8. The van der Waals surface area contributed by atoms with Crippen LogP contribution in [0.4, 0.5) is 0 Å². The number of benzene rings is 1. The van der Waals surface area contributed by atoms with Crippen molar-refractivity contribution in [2.24, 2.45) is 5.73 Å². The number of carbonyl (C=O) groups is 1. The second kappa shape index (κ2) is 6.97. The number of nitrogens with two attached hydrogens (primary N) is 1. The van der Waals surface area contributed by atoms with E-state index >= 15 is 0 Å². The van der Waals surface area contributed by atoms with Gasteiger partial charge in [-0.05, 0) is 44.9 Å². The summed E-state index contributed by atoms with van der Waals surface area (Å²) in [4.78, 5) is 11.8. The summed E-state index contributed by atoms with van der Waals surface area (Å²) in [6, 6.07) is 6.64. The standard InChI is InChI=1S/C16H21NO3/c1-5-10-19-13-8-6-12(7-9-13)11-14(17)15(18)20-16(2,3)4/h1,6-9,14H,10-11,17H2,2-4H3. The van der Waals surface area contributed by atoms with Crippen molar-refractivity contribution in [2.45, 2.75) is 38.8 Å². The molecule has 1 atom stereocenters. The maximum Gasteiger partial charge on any atom is 0.323 e. The Hall–Kier alpha value is -1.99. The van der Waals surface area contributed by atoms with E-state index in [9.17, 15) is 4.79 Å². The minimum Gasteiger partial charge on any atom is -0.481 e. The number of hydrogen-bond acceptors (Lipinski definition) is 4. The summed E-state index contributed by atoms with van der Waals surface area (Å²) < 4.78 is 10.5. The van der Waals surface area contributed by atoms with E-state index in [1.807, 2.05) is 32.9 Å². The van der Waals surface area contributed by atoms with E-state index in [2.05, 4.69) is 5.92 Å². The van der Waals surface area contributed by atoms with Crippen LogP contribution in [0.2, 0.25) is 0 Å². The van der Waals surface area contributed by atoms with Crippen LogP contribution in [0.25, 0.3) is 0 Å². The highest BCUT2D eigenvalue weighted by molar-refractivity contribution is 5.76. The van der Waals surface area contributed by atoms with Gasteiger partial charge < -0.3 is 15.2 Å². The predicted molar refractivity (Wildman–Crippen MR) is 78.3 cm³/mol. The van der Waals surface area contributed by atoms with Gasteiger partial charge >= 0.3 is 5.97 Å². The van der Waals surface area contributed by atoms with Crippen molar-refractivity contribution >= 4 is 5.97 Å². The Morgan fingerprint density at radius 2 is 1.95 bits per heavy atom. The predicted octanol–water partition coefficient (Wildman–Crippen LogP) is 1.91. The molecule has 0 saturated carbocycles. The van der Waals surface area contributed by atoms with E-state index in [1.165, 1.54) is 0 Å². The molecule has 2 N–H and O–H groups in total. The average molecular weight is 275 g/mol. The molecule has 0 amide bonds. The molecule has 4 nitrogen and oxygen atoms in total. The Morgan fingerprint density at radius 1 is 1.35 bits per heavy atom. The molecule has 108 valence electrons. The summed E-state index contributed by atoms with van der Waals surface area (Å²) in [5.41, 5.74) is 6.26. The van der Waals surface area contributed by atoms with E-state index in [-0.39, 0.29) is 6.61 Å². The molecule has 0 spiro atoms. The van der Waals surface area contributed by atoms with Gasteiger partial charge in [-0.2, -0.15) is 0 Å². The number of hydrogen-bond donors (Lipinski definition) is 1. The van der Waals surface area contributed by atoms with Crippen LogP contribution in [0, 0.1) is 12.3 Å². The fourth-order valence-corrected chi connectivity index (χ4v) is 1.56. The van der Waals surface area contributed by atoms with Crippen molar-refractivity contribution in [1.82, 2.24) is 0 Å².